The van der Waals surface area contributed by atoms with Gasteiger partial charge in [-0.3, -0.25) is 0 Å². The summed E-state index contributed by atoms with van der Waals surface area (Å²) < 4.78 is 17.2. The smallest absolute Gasteiger partial charge is 0.615 e. The minimum atomic E-state index is -0.744. The van der Waals surface area contributed by atoms with Crippen LogP contribution in [0.2, 0.25) is 0 Å². The molecule has 2 aromatic carbocycles. The molecule has 5 nitrogen and oxygen atoms in total. The molecule has 4 aromatic rings. The van der Waals surface area contributed by atoms with E-state index in [0.717, 1.165) is 16.7 Å². The highest BCUT2D eigenvalue weighted by Crippen LogP contribution is 2.31. The summed E-state index contributed by atoms with van der Waals surface area (Å²) in [6.07, 6.45) is 1.68. The second-order valence-electron chi connectivity index (χ2n) is 4.98. The number of hydrogen-bond acceptors (Lipinski definition) is 5. The van der Waals surface area contributed by atoms with E-state index in [1.54, 1.807) is 12.3 Å². The van der Waals surface area contributed by atoms with Crippen molar-refractivity contribution in [2.45, 2.75) is 0 Å². The molecule has 0 fully saturated rings. The third-order valence-corrected chi connectivity index (χ3v) is 4.08. The van der Waals surface area contributed by atoms with Crippen molar-refractivity contribution in [3.8, 4) is 23.1 Å². The van der Waals surface area contributed by atoms with Gasteiger partial charge in [0.1, 0.15) is 5.52 Å². The summed E-state index contributed by atoms with van der Waals surface area (Å²) in [6.45, 7) is 0. The van der Waals surface area contributed by atoms with Crippen molar-refractivity contribution >= 4 is 27.0 Å². The van der Waals surface area contributed by atoms with E-state index in [4.69, 9.17) is 12.0 Å². The lowest BCUT2D eigenvalue weighted by Gasteiger charge is -2.10. The van der Waals surface area contributed by atoms with E-state index < -0.39 is 15.9 Å². The topological polar surface area (TPSA) is 57.4 Å². The number of hydrogen-bond donors (Lipinski definition) is 0. The van der Waals surface area contributed by atoms with Crippen LogP contribution in [0, 0.1) is 0 Å². The van der Waals surface area contributed by atoms with Crippen LogP contribution >= 0.6 is 0 Å². The summed E-state index contributed by atoms with van der Waals surface area (Å²) in [7, 11) is 0. The Morgan fingerprint density at radius 3 is 2.54 bits per heavy atom. The second-order valence-corrected chi connectivity index (χ2v) is 5.65. The Morgan fingerprint density at radius 2 is 1.67 bits per heavy atom. The zero-order valence-corrected chi connectivity index (χ0v) is 13.8. The lowest BCUT2D eigenvalue weighted by atomic mass is 10.2. The summed E-state index contributed by atoms with van der Waals surface area (Å²) in [6, 6.07) is 20.8. The van der Waals surface area contributed by atoms with Gasteiger partial charge in [-0.05, 0) is 36.4 Å². The monoisotopic (exact) mass is 331 g/mol. The fourth-order valence-corrected chi connectivity index (χ4v) is 2.87. The molecule has 6 heteroatoms. The normalized spacial score (nSPS) is 10.5. The molecule has 115 valence electrons. The number of fused-ring (bicyclic) bond motifs is 1. The number of nitrogens with zero attached hydrogens (tertiary/aromatic N) is 2. The van der Waals surface area contributed by atoms with Crippen molar-refractivity contribution in [2.24, 2.45) is 0 Å². The molecule has 0 saturated heterocycles. The minimum absolute atomic E-state index is 0.532. The van der Waals surface area contributed by atoms with Gasteiger partial charge in [0.2, 0.25) is 5.89 Å². The van der Waals surface area contributed by atoms with Gasteiger partial charge in [-0.2, -0.15) is 0 Å². The number of rotatable bonds is 5. The summed E-state index contributed by atoms with van der Waals surface area (Å²) in [5.41, 5.74) is 2.37. The molecule has 0 saturated carbocycles. The molecule has 1 radical (unpaired) electrons. The van der Waals surface area contributed by atoms with Crippen LogP contribution in [0.5, 0.6) is 11.6 Å². The third kappa shape index (κ3) is 3.11. The average Bonchev–Trinajstić information content (AvgIpc) is 3.07. The molecule has 0 unspecified atom stereocenters. The van der Waals surface area contributed by atoms with Gasteiger partial charge >= 0.3 is 15.9 Å². The molecule has 0 amide bonds. The fourth-order valence-electron chi connectivity index (χ4n) is 2.28. The fraction of sp³-hybridized carbons (Fsp3) is 0. The van der Waals surface area contributed by atoms with Crippen LogP contribution < -0.4 is 7.58 Å². The number of para-hydroxylation sites is 3. The average molecular weight is 331 g/mol. The quantitative estimate of drug-likeness (QED) is 0.519. The van der Waals surface area contributed by atoms with Gasteiger partial charge in [-0.25, -0.2) is 9.97 Å². The van der Waals surface area contributed by atoms with Crippen LogP contribution in [-0.4, -0.2) is 25.9 Å². The maximum atomic E-state index is 5.82. The van der Waals surface area contributed by atoms with Gasteiger partial charge in [0.25, 0.3) is 0 Å². The Labute approximate surface area is 145 Å². The van der Waals surface area contributed by atoms with Gasteiger partial charge < -0.3 is 12.0 Å². The molecular formula is C18H12AlN2O3. The maximum Gasteiger partial charge on any atom is 0.882 e. The molecular weight excluding hydrogens is 319 g/mol. The van der Waals surface area contributed by atoms with Crippen LogP contribution in [0.3, 0.4) is 0 Å². The number of oxazole rings is 1. The maximum absolute atomic E-state index is 5.82. The zero-order valence-electron chi connectivity index (χ0n) is 12.6. The lowest BCUT2D eigenvalue weighted by Crippen LogP contribution is -2.12. The molecule has 0 aliphatic heterocycles. The highest BCUT2D eigenvalue weighted by Gasteiger charge is 2.15. The number of benzene rings is 2. The molecule has 0 bridgehead atoms. The summed E-state index contributed by atoms with van der Waals surface area (Å²) >= 11 is -0.744. The Bertz CT molecular complexity index is 924. The van der Waals surface area contributed by atoms with Crippen molar-refractivity contribution in [3.63, 3.8) is 0 Å². The van der Waals surface area contributed by atoms with Crippen LogP contribution in [-0.2, 0) is 0 Å². The summed E-state index contributed by atoms with van der Waals surface area (Å²) in [5, 5.41) is 0. The highest BCUT2D eigenvalue weighted by atomic mass is 27.2. The van der Waals surface area contributed by atoms with Gasteiger partial charge in [0.15, 0.2) is 11.5 Å². The second kappa shape index (κ2) is 6.75. The van der Waals surface area contributed by atoms with Gasteiger partial charge in [-0.1, -0.05) is 30.3 Å². The van der Waals surface area contributed by atoms with Crippen molar-refractivity contribution in [1.29, 1.82) is 0 Å². The predicted molar refractivity (Wildman–Crippen MR) is 90.7 cm³/mol. The zero-order chi connectivity index (χ0) is 16.2. The van der Waals surface area contributed by atoms with E-state index in [9.17, 15) is 0 Å². The van der Waals surface area contributed by atoms with E-state index in [1.165, 1.54) is 0 Å². The van der Waals surface area contributed by atoms with Crippen molar-refractivity contribution in [1.82, 2.24) is 9.97 Å². The predicted octanol–water partition coefficient (Wildman–Crippen LogP) is 3.88. The standard InChI is InChI=1S/C13H9NO2.C5H5NO.Al/c15-11-7-3-1-5-9(11)13-14-10-6-2-4-8-12(10)16-13;7-5-3-1-2-4-6-5;/h1-8,15H;1-4H,(H,6,7);/q;;+2/p-2. The van der Waals surface area contributed by atoms with Crippen molar-refractivity contribution in [2.75, 3.05) is 0 Å². The molecule has 2 aromatic heterocycles. The Balaban J connectivity index is 1.56. The van der Waals surface area contributed by atoms with E-state index in [-0.39, 0.29) is 0 Å². The molecule has 4 rings (SSSR count). The van der Waals surface area contributed by atoms with E-state index in [2.05, 4.69) is 9.97 Å². The molecule has 0 aliphatic carbocycles. The van der Waals surface area contributed by atoms with Gasteiger partial charge in [-0.15, -0.1) is 0 Å². The minimum Gasteiger partial charge on any atom is -0.615 e. The van der Waals surface area contributed by atoms with E-state index in [1.807, 2.05) is 60.7 Å². The van der Waals surface area contributed by atoms with Crippen LogP contribution in [0.25, 0.3) is 22.6 Å². The first-order valence-electron chi connectivity index (χ1n) is 7.41. The Kier molecular flexibility index (Phi) is 4.15. The highest BCUT2D eigenvalue weighted by molar-refractivity contribution is 6.20. The molecule has 0 aliphatic rings. The van der Waals surface area contributed by atoms with Crippen LogP contribution in [0.1, 0.15) is 0 Å². The van der Waals surface area contributed by atoms with Crippen molar-refractivity contribution in [3.05, 3.63) is 72.9 Å². The molecule has 0 atom stereocenters. The molecule has 0 N–H and O–H groups in total. The molecule has 0 spiro atoms. The van der Waals surface area contributed by atoms with Crippen LogP contribution in [0.4, 0.5) is 0 Å². The summed E-state index contributed by atoms with van der Waals surface area (Å²) in [5.74, 6) is 1.76. The number of pyridine rings is 1. The molecule has 24 heavy (non-hydrogen) atoms. The van der Waals surface area contributed by atoms with Crippen molar-refractivity contribution < 1.29 is 12.0 Å². The van der Waals surface area contributed by atoms with E-state index in [0.29, 0.717) is 17.5 Å². The first kappa shape index (κ1) is 14.8. The van der Waals surface area contributed by atoms with Gasteiger partial charge in [0, 0.05) is 6.20 Å². The Morgan fingerprint density at radius 1 is 0.833 bits per heavy atom. The molecule has 2 heterocycles. The third-order valence-electron chi connectivity index (χ3n) is 3.39. The summed E-state index contributed by atoms with van der Waals surface area (Å²) in [4.78, 5) is 8.63. The van der Waals surface area contributed by atoms with Crippen LogP contribution in [0.15, 0.2) is 77.3 Å². The van der Waals surface area contributed by atoms with E-state index >= 15 is 0 Å². The first-order chi connectivity index (χ1) is 11.9. The largest absolute Gasteiger partial charge is 0.882 e. The number of aromatic nitrogens is 2. The SMILES string of the molecule is c1ccc([O][Al][O]c2ccccc2-c2nc3ccccc3o2)nc1. The lowest BCUT2D eigenvalue weighted by molar-refractivity contribution is 0.448. The van der Waals surface area contributed by atoms with Gasteiger partial charge in [0.05, 0.1) is 11.3 Å². The first-order valence-corrected chi connectivity index (χ1v) is 8.35. The Hall–Kier alpha value is -2.81.